The van der Waals surface area contributed by atoms with Crippen molar-refractivity contribution in [2.45, 2.75) is 30.7 Å². The van der Waals surface area contributed by atoms with Gasteiger partial charge in [-0.1, -0.05) is 15.9 Å². The fourth-order valence-electron chi connectivity index (χ4n) is 0.537. The molecule has 0 rings (SSSR count). The van der Waals surface area contributed by atoms with E-state index in [1.54, 1.807) is 13.8 Å². The molecule has 0 aliphatic carbocycles. The molecule has 0 aromatic rings. The monoisotopic (exact) mass is 253 g/mol. The molecule has 0 radical (unpaired) electrons. The summed E-state index contributed by atoms with van der Waals surface area (Å²) in [6.07, 6.45) is 0. The predicted octanol–water partition coefficient (Wildman–Crippen LogP) is 0.0194. The fraction of sp³-hybridized carbons (Fsp3) is 0.875. The van der Waals surface area contributed by atoms with Crippen LogP contribution in [-0.4, -0.2) is 39.2 Å². The molecule has 3 N–H and O–H groups in total. The molecule has 13 heavy (non-hydrogen) atoms. The molecule has 0 spiro atoms. The summed E-state index contributed by atoms with van der Waals surface area (Å²) in [6, 6.07) is 0. The second-order valence-corrected chi connectivity index (χ2v) is 5.79. The number of hydrogen-bond acceptors (Lipinski definition) is 3. The molecule has 0 bridgehead atoms. The first-order valence-corrected chi connectivity index (χ1v) is 4.79. The lowest BCUT2D eigenvalue weighted by Crippen LogP contribution is -2.47. The maximum atomic E-state index is 11.3. The first-order valence-electron chi connectivity index (χ1n) is 3.99. The number of nitrogens with one attached hydrogen (secondary N) is 1. The number of amides is 1. The van der Waals surface area contributed by atoms with E-state index in [4.69, 9.17) is 5.11 Å². The van der Waals surface area contributed by atoms with Gasteiger partial charge in [0.15, 0.2) is 0 Å². The van der Waals surface area contributed by atoms with Gasteiger partial charge in [-0.2, -0.15) is 0 Å². The first kappa shape index (κ1) is 12.9. The molecule has 4 nitrogen and oxygen atoms in total. The van der Waals surface area contributed by atoms with Gasteiger partial charge in [-0.15, -0.1) is 0 Å². The van der Waals surface area contributed by atoms with Gasteiger partial charge in [0.25, 0.3) is 0 Å². The van der Waals surface area contributed by atoms with Gasteiger partial charge in [0, 0.05) is 6.54 Å². The molecule has 1 unspecified atom stereocenters. The third-order valence-electron chi connectivity index (χ3n) is 1.51. The van der Waals surface area contributed by atoms with Gasteiger partial charge < -0.3 is 15.5 Å². The van der Waals surface area contributed by atoms with E-state index < -0.39 is 9.93 Å². The third kappa shape index (κ3) is 5.23. The molecular weight excluding hydrogens is 238 g/mol. The molecule has 0 aromatic heterocycles. The highest BCUT2D eigenvalue weighted by molar-refractivity contribution is 9.10. The van der Waals surface area contributed by atoms with E-state index in [0.717, 1.165) is 0 Å². The van der Waals surface area contributed by atoms with Crippen LogP contribution >= 0.6 is 15.9 Å². The third-order valence-corrected chi connectivity index (χ3v) is 1.87. The van der Waals surface area contributed by atoms with Crippen molar-refractivity contribution in [3.05, 3.63) is 0 Å². The Labute approximate surface area is 86.5 Å². The lowest BCUT2D eigenvalue weighted by atomic mass is 10.1. The normalized spacial score (nSPS) is 16.5. The number of halogens is 1. The molecule has 0 saturated heterocycles. The van der Waals surface area contributed by atoms with Gasteiger partial charge in [-0.3, -0.25) is 4.79 Å². The van der Waals surface area contributed by atoms with Crippen LogP contribution in [-0.2, 0) is 4.79 Å². The second kappa shape index (κ2) is 4.39. The van der Waals surface area contributed by atoms with E-state index in [-0.39, 0.29) is 19.1 Å². The molecule has 0 aromatic carbocycles. The summed E-state index contributed by atoms with van der Waals surface area (Å²) in [5.41, 5.74) is -1.26. The number of alkyl halides is 1. The van der Waals surface area contributed by atoms with Crippen molar-refractivity contribution in [1.29, 1.82) is 0 Å². The molecule has 0 aliphatic heterocycles. The highest BCUT2D eigenvalue weighted by Crippen LogP contribution is 2.15. The van der Waals surface area contributed by atoms with Crippen molar-refractivity contribution in [2.24, 2.45) is 0 Å². The molecule has 5 heteroatoms. The van der Waals surface area contributed by atoms with Crippen molar-refractivity contribution >= 4 is 21.8 Å². The quantitative estimate of drug-likeness (QED) is 0.619. The zero-order chi connectivity index (χ0) is 10.7. The Bertz CT molecular complexity index is 186. The summed E-state index contributed by atoms with van der Waals surface area (Å²) < 4.78 is -0.654. The smallest absolute Gasteiger partial charge is 0.236 e. The highest BCUT2D eigenvalue weighted by atomic mass is 79.9. The van der Waals surface area contributed by atoms with Crippen LogP contribution in [0, 0.1) is 0 Å². The van der Waals surface area contributed by atoms with Crippen molar-refractivity contribution < 1.29 is 15.0 Å². The summed E-state index contributed by atoms with van der Waals surface area (Å²) in [4.78, 5) is 11.3. The Kier molecular flexibility index (Phi) is 4.35. The highest BCUT2D eigenvalue weighted by Gasteiger charge is 2.26. The van der Waals surface area contributed by atoms with Crippen LogP contribution < -0.4 is 5.32 Å². The molecule has 0 aliphatic rings. The minimum absolute atomic E-state index is 0.0391. The van der Waals surface area contributed by atoms with Crippen LogP contribution in [0.4, 0.5) is 0 Å². The van der Waals surface area contributed by atoms with Gasteiger partial charge in [-0.05, 0) is 20.8 Å². The zero-order valence-corrected chi connectivity index (χ0v) is 9.68. The Morgan fingerprint density at radius 3 is 2.23 bits per heavy atom. The number of carbonyl (C=O) groups is 1. The summed E-state index contributed by atoms with van der Waals surface area (Å²) in [5, 5.41) is 20.6. The first-order chi connectivity index (χ1) is 5.69. The number of hydrogen-bond donors (Lipinski definition) is 3. The summed E-state index contributed by atoms with van der Waals surface area (Å²) in [7, 11) is 0. The van der Waals surface area contributed by atoms with Crippen LogP contribution in [0.2, 0.25) is 0 Å². The lowest BCUT2D eigenvalue weighted by molar-refractivity contribution is -0.124. The molecule has 0 saturated carbocycles. The van der Waals surface area contributed by atoms with Crippen LogP contribution in [0.1, 0.15) is 20.8 Å². The minimum atomic E-state index is -1.26. The topological polar surface area (TPSA) is 69.6 Å². The van der Waals surface area contributed by atoms with Crippen molar-refractivity contribution in [2.75, 3.05) is 13.2 Å². The van der Waals surface area contributed by atoms with Crippen molar-refractivity contribution in [3.63, 3.8) is 0 Å². The Hall–Kier alpha value is -0.130. The summed E-state index contributed by atoms with van der Waals surface area (Å²) in [5.74, 6) is -0.221. The van der Waals surface area contributed by atoms with E-state index in [0.29, 0.717) is 0 Å². The van der Waals surface area contributed by atoms with Crippen LogP contribution in [0.15, 0.2) is 0 Å². The largest absolute Gasteiger partial charge is 0.393 e. The average molecular weight is 254 g/mol. The van der Waals surface area contributed by atoms with E-state index >= 15 is 0 Å². The van der Waals surface area contributed by atoms with Gasteiger partial charge in [0.1, 0.15) is 5.60 Å². The molecular formula is C8H16BrNO3. The summed E-state index contributed by atoms with van der Waals surface area (Å²) in [6.45, 7) is 4.52. The second-order valence-electron chi connectivity index (χ2n) is 3.81. The van der Waals surface area contributed by atoms with Crippen LogP contribution in [0.5, 0.6) is 0 Å². The Balaban J connectivity index is 3.98. The van der Waals surface area contributed by atoms with Gasteiger partial charge in [-0.25, -0.2) is 0 Å². The number of carbonyl (C=O) groups excluding carboxylic acids is 1. The maximum absolute atomic E-state index is 11.3. The minimum Gasteiger partial charge on any atom is -0.393 e. The number of aliphatic hydroxyl groups excluding tert-OH is 1. The molecule has 78 valence electrons. The summed E-state index contributed by atoms with van der Waals surface area (Å²) >= 11 is 3.18. The molecule has 0 heterocycles. The van der Waals surface area contributed by atoms with Crippen molar-refractivity contribution in [3.8, 4) is 0 Å². The standard InChI is InChI=1S/C8H16BrNO3/c1-7(2,9)6(12)10-4-8(3,13)5-11/h11,13H,4-5H2,1-3H3,(H,10,12). The van der Waals surface area contributed by atoms with E-state index in [1.165, 1.54) is 6.92 Å². The van der Waals surface area contributed by atoms with E-state index in [9.17, 15) is 9.90 Å². The van der Waals surface area contributed by atoms with Crippen LogP contribution in [0.25, 0.3) is 0 Å². The van der Waals surface area contributed by atoms with E-state index in [2.05, 4.69) is 21.2 Å². The van der Waals surface area contributed by atoms with Crippen LogP contribution in [0.3, 0.4) is 0 Å². The van der Waals surface area contributed by atoms with Crippen molar-refractivity contribution in [1.82, 2.24) is 5.32 Å². The maximum Gasteiger partial charge on any atom is 0.236 e. The molecule has 1 amide bonds. The number of aliphatic hydroxyl groups is 2. The molecule has 1 atom stereocenters. The lowest BCUT2D eigenvalue weighted by Gasteiger charge is -2.23. The fourth-order valence-corrected chi connectivity index (χ4v) is 0.677. The van der Waals surface area contributed by atoms with E-state index in [1.807, 2.05) is 0 Å². The SMILES string of the molecule is CC(O)(CO)CNC(=O)C(C)(C)Br. The average Bonchev–Trinajstić information content (AvgIpc) is 1.98. The number of rotatable bonds is 4. The zero-order valence-electron chi connectivity index (χ0n) is 8.09. The van der Waals surface area contributed by atoms with Gasteiger partial charge in [0.2, 0.25) is 5.91 Å². The Morgan fingerprint density at radius 1 is 1.46 bits per heavy atom. The van der Waals surface area contributed by atoms with Gasteiger partial charge in [0.05, 0.1) is 10.9 Å². The molecule has 0 fully saturated rings. The predicted molar refractivity (Wildman–Crippen MR) is 53.7 cm³/mol. The Morgan fingerprint density at radius 2 is 1.92 bits per heavy atom. The van der Waals surface area contributed by atoms with Gasteiger partial charge >= 0.3 is 0 Å².